The van der Waals surface area contributed by atoms with Gasteiger partial charge in [0.15, 0.2) is 5.82 Å². The third-order valence-electron chi connectivity index (χ3n) is 2.46. The van der Waals surface area contributed by atoms with Gasteiger partial charge in [-0.3, -0.25) is 4.40 Å². The van der Waals surface area contributed by atoms with Crippen LogP contribution in [-0.4, -0.2) is 9.38 Å². The summed E-state index contributed by atoms with van der Waals surface area (Å²) in [6.45, 7) is 2.11. The zero-order valence-electron chi connectivity index (χ0n) is 8.64. The van der Waals surface area contributed by atoms with Gasteiger partial charge in [-0.05, 0) is 47.1 Å². The number of hydrogen-bond acceptors (Lipinski definition) is 2. The average molecular weight is 293 g/mol. The molecule has 0 unspecified atom stereocenters. The summed E-state index contributed by atoms with van der Waals surface area (Å²) in [6.07, 6.45) is 2.04. The summed E-state index contributed by atoms with van der Waals surface area (Å²) in [7, 11) is 0. The summed E-state index contributed by atoms with van der Waals surface area (Å²) < 4.78 is 3.00. The van der Waals surface area contributed by atoms with Crippen LogP contribution in [-0.2, 0) is 0 Å². The fourth-order valence-corrected chi connectivity index (χ4v) is 3.07. The standard InChI is InChI=1S/C12H9BrN2S/c1-8-5-6-10(16-8)12-14-11(13)9-4-2-3-7-15(9)12/h2-7H,1H3. The predicted octanol–water partition coefficient (Wildman–Crippen LogP) is 4.13. The van der Waals surface area contributed by atoms with E-state index in [4.69, 9.17) is 0 Å². The highest BCUT2D eigenvalue weighted by molar-refractivity contribution is 9.10. The van der Waals surface area contributed by atoms with Crippen LogP contribution in [0.3, 0.4) is 0 Å². The molecule has 3 heterocycles. The number of nitrogens with zero attached hydrogens (tertiary/aromatic N) is 2. The Morgan fingerprint density at radius 1 is 1.25 bits per heavy atom. The molecule has 0 aromatic carbocycles. The van der Waals surface area contributed by atoms with Crippen LogP contribution in [0.15, 0.2) is 41.1 Å². The van der Waals surface area contributed by atoms with Crippen LogP contribution < -0.4 is 0 Å². The molecule has 0 aliphatic carbocycles. The Morgan fingerprint density at radius 3 is 2.88 bits per heavy atom. The zero-order chi connectivity index (χ0) is 11.1. The first-order chi connectivity index (χ1) is 7.75. The van der Waals surface area contributed by atoms with Gasteiger partial charge >= 0.3 is 0 Å². The summed E-state index contributed by atoms with van der Waals surface area (Å²) in [5.41, 5.74) is 1.10. The first kappa shape index (κ1) is 10.1. The van der Waals surface area contributed by atoms with Crippen molar-refractivity contribution >= 4 is 32.8 Å². The summed E-state index contributed by atoms with van der Waals surface area (Å²) >= 11 is 5.26. The van der Waals surface area contributed by atoms with Crippen LogP contribution in [0, 0.1) is 6.92 Å². The number of imidazole rings is 1. The van der Waals surface area contributed by atoms with E-state index in [9.17, 15) is 0 Å². The normalized spacial score (nSPS) is 11.1. The van der Waals surface area contributed by atoms with Crippen LogP contribution in [0.25, 0.3) is 16.2 Å². The third kappa shape index (κ3) is 1.49. The lowest BCUT2D eigenvalue weighted by Crippen LogP contribution is -1.85. The molecule has 16 heavy (non-hydrogen) atoms. The van der Waals surface area contributed by atoms with E-state index in [1.807, 2.05) is 18.3 Å². The van der Waals surface area contributed by atoms with Crippen LogP contribution in [0.2, 0.25) is 0 Å². The molecule has 80 valence electrons. The Bertz CT molecular complexity index is 654. The van der Waals surface area contributed by atoms with Crippen LogP contribution in [0.4, 0.5) is 0 Å². The molecular formula is C12H9BrN2S. The highest BCUT2D eigenvalue weighted by Crippen LogP contribution is 2.30. The minimum absolute atomic E-state index is 0.897. The third-order valence-corrected chi connectivity index (χ3v) is 4.04. The molecule has 0 amide bonds. The number of pyridine rings is 1. The Hall–Kier alpha value is -1.13. The molecular weight excluding hydrogens is 284 g/mol. The van der Waals surface area contributed by atoms with Gasteiger partial charge in [-0.1, -0.05) is 6.07 Å². The monoisotopic (exact) mass is 292 g/mol. The SMILES string of the molecule is Cc1ccc(-c2nc(Br)c3ccccn23)s1. The molecule has 0 aliphatic heterocycles. The number of hydrogen-bond donors (Lipinski definition) is 0. The molecule has 0 N–H and O–H groups in total. The van der Waals surface area contributed by atoms with Crippen molar-refractivity contribution in [3.05, 3.63) is 46.0 Å². The lowest BCUT2D eigenvalue weighted by molar-refractivity contribution is 1.17. The predicted molar refractivity (Wildman–Crippen MR) is 70.9 cm³/mol. The van der Waals surface area contributed by atoms with Gasteiger partial charge in [0.05, 0.1) is 10.4 Å². The molecule has 2 nitrogen and oxygen atoms in total. The number of aromatic nitrogens is 2. The average Bonchev–Trinajstić information content (AvgIpc) is 2.84. The van der Waals surface area contributed by atoms with Gasteiger partial charge in [0.2, 0.25) is 0 Å². The maximum atomic E-state index is 4.56. The molecule has 0 atom stereocenters. The minimum atomic E-state index is 0.897. The molecule has 3 aromatic rings. The Balaban J connectivity index is 2.32. The topological polar surface area (TPSA) is 17.3 Å². The smallest absolute Gasteiger partial charge is 0.156 e. The lowest BCUT2D eigenvalue weighted by Gasteiger charge is -1.96. The van der Waals surface area contributed by atoms with Crippen molar-refractivity contribution in [2.75, 3.05) is 0 Å². The first-order valence-corrected chi connectivity index (χ1v) is 6.56. The molecule has 0 radical (unpaired) electrons. The number of fused-ring (bicyclic) bond motifs is 1. The van der Waals surface area contributed by atoms with E-state index in [1.54, 1.807) is 11.3 Å². The van der Waals surface area contributed by atoms with E-state index in [1.165, 1.54) is 9.75 Å². The molecule has 0 bridgehead atoms. The number of thiophene rings is 1. The second-order valence-corrected chi connectivity index (χ2v) is 5.63. The number of rotatable bonds is 1. The Labute approximate surface area is 106 Å². The van der Waals surface area contributed by atoms with Crippen molar-refractivity contribution in [1.82, 2.24) is 9.38 Å². The largest absolute Gasteiger partial charge is 0.298 e. The minimum Gasteiger partial charge on any atom is -0.298 e. The molecule has 0 spiro atoms. The van der Waals surface area contributed by atoms with Gasteiger partial charge in [0, 0.05) is 11.1 Å². The highest BCUT2D eigenvalue weighted by atomic mass is 79.9. The second-order valence-electron chi connectivity index (χ2n) is 3.59. The van der Waals surface area contributed by atoms with E-state index in [0.29, 0.717) is 0 Å². The van der Waals surface area contributed by atoms with Gasteiger partial charge in [0.1, 0.15) is 4.60 Å². The number of halogens is 1. The second kappa shape index (κ2) is 3.71. The summed E-state index contributed by atoms with van der Waals surface area (Å²) in [6, 6.07) is 10.3. The van der Waals surface area contributed by atoms with Gasteiger partial charge < -0.3 is 0 Å². The van der Waals surface area contributed by atoms with Crippen molar-refractivity contribution in [3.8, 4) is 10.7 Å². The van der Waals surface area contributed by atoms with E-state index in [-0.39, 0.29) is 0 Å². The maximum Gasteiger partial charge on any atom is 0.156 e. The zero-order valence-corrected chi connectivity index (χ0v) is 11.0. The van der Waals surface area contributed by atoms with Crippen molar-refractivity contribution in [2.45, 2.75) is 6.92 Å². The van der Waals surface area contributed by atoms with E-state index in [2.05, 4.69) is 50.4 Å². The molecule has 0 fully saturated rings. The summed E-state index contributed by atoms with van der Waals surface area (Å²) in [4.78, 5) is 7.07. The van der Waals surface area contributed by atoms with Gasteiger partial charge in [-0.15, -0.1) is 11.3 Å². The van der Waals surface area contributed by atoms with Crippen molar-refractivity contribution in [2.24, 2.45) is 0 Å². The van der Waals surface area contributed by atoms with E-state index < -0.39 is 0 Å². The van der Waals surface area contributed by atoms with E-state index >= 15 is 0 Å². The summed E-state index contributed by atoms with van der Waals surface area (Å²) in [5.74, 6) is 1.00. The number of aryl methyl sites for hydroxylation is 1. The molecule has 4 heteroatoms. The van der Waals surface area contributed by atoms with Crippen LogP contribution in [0.1, 0.15) is 4.88 Å². The summed E-state index contributed by atoms with van der Waals surface area (Å²) in [5, 5.41) is 0. The fraction of sp³-hybridized carbons (Fsp3) is 0.0833. The quantitative estimate of drug-likeness (QED) is 0.659. The molecule has 0 saturated heterocycles. The molecule has 0 aliphatic rings. The highest BCUT2D eigenvalue weighted by Gasteiger charge is 2.11. The maximum absolute atomic E-state index is 4.56. The first-order valence-electron chi connectivity index (χ1n) is 4.95. The Kier molecular flexibility index (Phi) is 2.33. The van der Waals surface area contributed by atoms with Crippen molar-refractivity contribution in [3.63, 3.8) is 0 Å². The molecule has 3 rings (SSSR count). The van der Waals surface area contributed by atoms with E-state index in [0.717, 1.165) is 15.9 Å². The Morgan fingerprint density at radius 2 is 2.12 bits per heavy atom. The van der Waals surface area contributed by atoms with Gasteiger partial charge in [-0.25, -0.2) is 4.98 Å². The van der Waals surface area contributed by atoms with Crippen LogP contribution >= 0.6 is 27.3 Å². The lowest BCUT2D eigenvalue weighted by atomic mass is 10.4. The van der Waals surface area contributed by atoms with Crippen LogP contribution in [0.5, 0.6) is 0 Å². The van der Waals surface area contributed by atoms with Gasteiger partial charge in [0.25, 0.3) is 0 Å². The van der Waals surface area contributed by atoms with Crippen molar-refractivity contribution in [1.29, 1.82) is 0 Å². The fourth-order valence-electron chi connectivity index (χ4n) is 1.73. The molecule has 3 aromatic heterocycles. The van der Waals surface area contributed by atoms with Gasteiger partial charge in [-0.2, -0.15) is 0 Å². The van der Waals surface area contributed by atoms with Crippen molar-refractivity contribution < 1.29 is 0 Å². The molecule has 0 saturated carbocycles.